The maximum Gasteiger partial charge on any atom is 0.235 e. The van der Waals surface area contributed by atoms with Crippen LogP contribution in [0.15, 0.2) is 164 Å². The number of fused-ring (bicyclic) bond motifs is 7. The van der Waals surface area contributed by atoms with Gasteiger partial charge in [0.05, 0.1) is 51.0 Å². The molecule has 10 aromatic rings. The zero-order chi connectivity index (χ0) is 34.2. The van der Waals surface area contributed by atoms with E-state index < -0.39 is 0 Å². The molecule has 0 atom stereocenters. The summed E-state index contributed by atoms with van der Waals surface area (Å²) in [6, 6.07) is 50.7. The fraction of sp³-hybridized carbons (Fsp3) is 0. The van der Waals surface area contributed by atoms with Gasteiger partial charge in [0.1, 0.15) is 0 Å². The van der Waals surface area contributed by atoms with E-state index in [9.17, 15) is 0 Å². The molecule has 11 rings (SSSR count). The van der Waals surface area contributed by atoms with Gasteiger partial charge in [0.2, 0.25) is 5.95 Å². The van der Waals surface area contributed by atoms with Crippen LogP contribution in [0.3, 0.4) is 0 Å². The van der Waals surface area contributed by atoms with Crippen molar-refractivity contribution in [2.45, 2.75) is 0 Å². The molecule has 5 heterocycles. The molecule has 0 amide bonds. The molecule has 0 aliphatic carbocycles. The second-order valence-corrected chi connectivity index (χ2v) is 13.2. The number of hydrogen-bond donors (Lipinski definition) is 0. The van der Waals surface area contributed by atoms with Crippen molar-refractivity contribution in [3.8, 4) is 28.2 Å². The van der Waals surface area contributed by atoms with E-state index in [0.29, 0.717) is 5.95 Å². The Morgan fingerprint density at radius 1 is 0.500 bits per heavy atom. The number of para-hydroxylation sites is 1. The molecule has 4 aromatic heterocycles. The molecule has 242 valence electrons. The summed E-state index contributed by atoms with van der Waals surface area (Å²) in [6.45, 7) is 0. The smallest absolute Gasteiger partial charge is 0.235 e. The van der Waals surface area contributed by atoms with Crippen LogP contribution in [0.2, 0.25) is 0 Å². The van der Waals surface area contributed by atoms with Gasteiger partial charge >= 0.3 is 0 Å². The minimum atomic E-state index is 0.626. The van der Waals surface area contributed by atoms with Crippen molar-refractivity contribution in [3.63, 3.8) is 0 Å². The summed E-state index contributed by atoms with van der Waals surface area (Å²) in [5, 5.41) is 6.85. The Morgan fingerprint density at radius 3 is 2.02 bits per heavy atom. The fourth-order valence-electron chi connectivity index (χ4n) is 7.88. The minimum absolute atomic E-state index is 0.626. The minimum Gasteiger partial charge on any atom is -0.308 e. The number of aromatic nitrogens is 5. The Balaban J connectivity index is 1.13. The summed E-state index contributed by atoms with van der Waals surface area (Å²) in [5.74, 6) is 0.626. The van der Waals surface area contributed by atoms with Gasteiger partial charge < -0.3 is 4.57 Å². The molecule has 0 saturated carbocycles. The van der Waals surface area contributed by atoms with Crippen LogP contribution in [-0.2, 0) is 0 Å². The third kappa shape index (κ3) is 4.31. The van der Waals surface area contributed by atoms with E-state index in [0.717, 1.165) is 72.1 Å². The Kier molecular flexibility index (Phi) is 6.15. The number of nitrogens with zero attached hydrogens (tertiary/aromatic N) is 6. The monoisotopic (exact) mass is 664 g/mol. The summed E-state index contributed by atoms with van der Waals surface area (Å²) < 4.78 is 2.35. The number of pyridine rings is 2. The van der Waals surface area contributed by atoms with Crippen molar-refractivity contribution in [3.05, 3.63) is 170 Å². The van der Waals surface area contributed by atoms with Gasteiger partial charge in [-0.3, -0.25) is 14.9 Å². The Bertz CT molecular complexity index is 3020. The molecule has 6 nitrogen and oxygen atoms in total. The van der Waals surface area contributed by atoms with Crippen LogP contribution in [0, 0.1) is 0 Å². The predicted octanol–water partition coefficient (Wildman–Crippen LogP) is 11.3. The molecule has 0 unspecified atom stereocenters. The van der Waals surface area contributed by atoms with Gasteiger partial charge in [-0.2, -0.15) is 0 Å². The molecule has 6 heteroatoms. The van der Waals surface area contributed by atoms with Crippen LogP contribution in [0.5, 0.6) is 0 Å². The first-order valence-corrected chi connectivity index (χ1v) is 17.4. The quantitative estimate of drug-likeness (QED) is 0.175. The van der Waals surface area contributed by atoms with Gasteiger partial charge in [-0.15, -0.1) is 0 Å². The average Bonchev–Trinajstić information content (AvgIpc) is 3.55. The number of anilines is 2. The maximum atomic E-state index is 5.16. The third-order valence-electron chi connectivity index (χ3n) is 10.2. The summed E-state index contributed by atoms with van der Waals surface area (Å²) in [4.78, 5) is 22.1. The summed E-state index contributed by atoms with van der Waals surface area (Å²) in [7, 11) is 0. The van der Waals surface area contributed by atoms with Crippen molar-refractivity contribution >= 4 is 72.1 Å². The molecular weight excluding hydrogens is 637 g/mol. The first-order chi connectivity index (χ1) is 25.8. The van der Waals surface area contributed by atoms with Crippen LogP contribution < -0.4 is 4.90 Å². The van der Waals surface area contributed by atoms with Gasteiger partial charge in [-0.05, 0) is 53.4 Å². The molecule has 0 spiro atoms. The lowest BCUT2D eigenvalue weighted by molar-refractivity contribution is 1.09. The van der Waals surface area contributed by atoms with E-state index in [1.165, 1.54) is 21.7 Å². The van der Waals surface area contributed by atoms with Crippen molar-refractivity contribution in [2.75, 3.05) is 4.90 Å². The predicted molar refractivity (Wildman–Crippen MR) is 213 cm³/mol. The van der Waals surface area contributed by atoms with Crippen LogP contribution in [0.25, 0.3) is 88.7 Å². The first-order valence-electron chi connectivity index (χ1n) is 17.4. The maximum absolute atomic E-state index is 5.16. The lowest BCUT2D eigenvalue weighted by atomic mass is 9.95. The molecule has 0 radical (unpaired) electrons. The van der Waals surface area contributed by atoms with Crippen LogP contribution >= 0.6 is 0 Å². The first kappa shape index (κ1) is 28.6. The van der Waals surface area contributed by atoms with E-state index in [1.54, 1.807) is 0 Å². The summed E-state index contributed by atoms with van der Waals surface area (Å²) in [6.07, 6.45) is 8.16. The molecule has 1 aliphatic rings. The molecule has 1 aliphatic heterocycles. The van der Waals surface area contributed by atoms with E-state index in [2.05, 4.69) is 130 Å². The number of benzene rings is 6. The van der Waals surface area contributed by atoms with E-state index in [-0.39, 0.29) is 0 Å². The second kappa shape index (κ2) is 11.2. The van der Waals surface area contributed by atoms with Gasteiger partial charge in [0, 0.05) is 50.5 Å². The number of rotatable bonds is 4. The lowest BCUT2D eigenvalue weighted by Crippen LogP contribution is -2.16. The van der Waals surface area contributed by atoms with Crippen LogP contribution in [-0.4, -0.2) is 24.5 Å². The molecule has 0 fully saturated rings. The summed E-state index contributed by atoms with van der Waals surface area (Å²) in [5.41, 5.74) is 11.2. The van der Waals surface area contributed by atoms with Crippen molar-refractivity contribution in [2.24, 2.45) is 0 Å². The molecular formula is C46H28N6. The van der Waals surface area contributed by atoms with Gasteiger partial charge in [-0.1, -0.05) is 109 Å². The molecule has 0 bridgehead atoms. The van der Waals surface area contributed by atoms with Crippen molar-refractivity contribution in [1.82, 2.24) is 24.5 Å². The van der Waals surface area contributed by atoms with Crippen molar-refractivity contribution < 1.29 is 0 Å². The van der Waals surface area contributed by atoms with Gasteiger partial charge in [0.25, 0.3) is 0 Å². The topological polar surface area (TPSA) is 59.7 Å². The van der Waals surface area contributed by atoms with E-state index >= 15 is 0 Å². The van der Waals surface area contributed by atoms with Gasteiger partial charge in [-0.25, -0.2) is 9.97 Å². The normalized spacial score (nSPS) is 12.5. The highest BCUT2D eigenvalue weighted by Gasteiger charge is 2.25. The van der Waals surface area contributed by atoms with E-state index in [1.807, 2.05) is 54.9 Å². The molecule has 6 aromatic carbocycles. The molecule has 0 saturated heterocycles. The number of hydrogen-bond acceptors (Lipinski definition) is 5. The average molecular weight is 665 g/mol. The highest BCUT2D eigenvalue weighted by Crippen LogP contribution is 2.45. The Labute approximate surface area is 298 Å². The SMILES string of the molecule is C1=CN(c2nc(-c3ccccc3)cc(-c3ccccc3)n2)c2cccc3cc4c(c1c23)c1ccccc1n4-c1cnc2c(ccc3cccnc32)c1. The standard InChI is InChI=1S/C46H28N6/c1-3-11-29(12-4-1)37-27-38(30-13-5-2-6-14-30)50-46(49-37)51-24-22-36-42-32(15-9-19-40(42)51)26-41-43(36)35-17-7-8-18-39(35)52(41)34-25-33-21-20-31-16-10-23-47-44(31)45(33)48-28-34/h1-28H. The lowest BCUT2D eigenvalue weighted by Gasteiger charge is -2.26. The highest BCUT2D eigenvalue weighted by molar-refractivity contribution is 6.22. The van der Waals surface area contributed by atoms with E-state index in [4.69, 9.17) is 15.0 Å². The second-order valence-electron chi connectivity index (χ2n) is 13.2. The zero-order valence-electron chi connectivity index (χ0n) is 27.8. The molecule has 0 N–H and O–H groups in total. The highest BCUT2D eigenvalue weighted by atomic mass is 15.2. The van der Waals surface area contributed by atoms with Crippen molar-refractivity contribution in [1.29, 1.82) is 0 Å². The Hall–Kier alpha value is -7.18. The Morgan fingerprint density at radius 2 is 1.21 bits per heavy atom. The molecule has 52 heavy (non-hydrogen) atoms. The fourth-order valence-corrected chi connectivity index (χ4v) is 7.88. The third-order valence-corrected chi connectivity index (χ3v) is 10.2. The van der Waals surface area contributed by atoms with Gasteiger partial charge in [0.15, 0.2) is 0 Å². The summed E-state index contributed by atoms with van der Waals surface area (Å²) >= 11 is 0. The van der Waals surface area contributed by atoms with Crippen LogP contribution in [0.1, 0.15) is 5.56 Å². The zero-order valence-corrected chi connectivity index (χ0v) is 27.8. The van der Waals surface area contributed by atoms with Crippen LogP contribution in [0.4, 0.5) is 11.6 Å². The largest absolute Gasteiger partial charge is 0.308 e.